The molecular formula is C11H19N3O3. The summed E-state index contributed by atoms with van der Waals surface area (Å²) in [5.74, 6) is 1.13. The topological polar surface area (TPSA) is 80.4 Å². The van der Waals surface area contributed by atoms with Gasteiger partial charge in [-0.05, 0) is 19.8 Å². The zero-order chi connectivity index (χ0) is 12.3. The maximum absolute atomic E-state index is 9.43. The van der Waals surface area contributed by atoms with Gasteiger partial charge in [0, 0.05) is 13.2 Å². The Bertz CT molecular complexity index is 337. The number of nitrogens with one attached hydrogen (secondary N) is 1. The van der Waals surface area contributed by atoms with E-state index in [1.165, 1.54) is 0 Å². The fourth-order valence-electron chi connectivity index (χ4n) is 2.00. The fourth-order valence-corrected chi connectivity index (χ4v) is 2.00. The van der Waals surface area contributed by atoms with E-state index in [2.05, 4.69) is 15.5 Å². The molecule has 1 aliphatic heterocycles. The third-order valence-electron chi connectivity index (χ3n) is 2.89. The molecule has 0 aromatic carbocycles. The van der Waals surface area contributed by atoms with Crippen molar-refractivity contribution in [2.24, 2.45) is 0 Å². The second kappa shape index (κ2) is 5.57. The molecule has 0 saturated carbocycles. The molecule has 1 aliphatic rings. The predicted octanol–water partition coefficient (Wildman–Crippen LogP) is 0.952. The van der Waals surface area contributed by atoms with Crippen LogP contribution in [0, 0.1) is 0 Å². The molecule has 0 spiro atoms. The molecule has 2 N–H and O–H groups in total. The molecule has 0 radical (unpaired) electrons. The number of aliphatic hydroxyl groups is 1. The molecule has 1 aromatic rings. The van der Waals surface area contributed by atoms with Crippen LogP contribution in [0.25, 0.3) is 0 Å². The van der Waals surface area contributed by atoms with Gasteiger partial charge in [0.15, 0.2) is 0 Å². The average Bonchev–Trinajstić information content (AvgIpc) is 2.94. The molecule has 2 heterocycles. The molecule has 17 heavy (non-hydrogen) atoms. The standard InChI is InChI=1S/C11H19N3O3/c1-3-9(16-4-2)10-13-11(17-14-10)8-5-7(15)6-12-8/h7-9,12,15H,3-6H2,1-2H3/t7-,8+,9?/m1/s1. The van der Waals surface area contributed by atoms with Crippen molar-refractivity contribution in [3.63, 3.8) is 0 Å². The van der Waals surface area contributed by atoms with Gasteiger partial charge >= 0.3 is 0 Å². The largest absolute Gasteiger partial charge is 0.392 e. The van der Waals surface area contributed by atoms with Crippen molar-refractivity contribution in [1.29, 1.82) is 0 Å². The molecule has 96 valence electrons. The molecule has 2 rings (SSSR count). The summed E-state index contributed by atoms with van der Waals surface area (Å²) in [5.41, 5.74) is 0. The van der Waals surface area contributed by atoms with Crippen molar-refractivity contribution in [3.05, 3.63) is 11.7 Å². The summed E-state index contributed by atoms with van der Waals surface area (Å²) in [5, 5.41) is 16.5. The van der Waals surface area contributed by atoms with Crippen molar-refractivity contribution in [1.82, 2.24) is 15.5 Å². The van der Waals surface area contributed by atoms with E-state index in [9.17, 15) is 5.11 Å². The number of hydrogen-bond acceptors (Lipinski definition) is 6. The molecule has 1 aromatic heterocycles. The van der Waals surface area contributed by atoms with Gasteiger partial charge in [-0.1, -0.05) is 12.1 Å². The zero-order valence-corrected chi connectivity index (χ0v) is 10.2. The van der Waals surface area contributed by atoms with E-state index in [1.807, 2.05) is 13.8 Å². The van der Waals surface area contributed by atoms with Crippen LogP contribution in [0.1, 0.15) is 50.6 Å². The highest BCUT2D eigenvalue weighted by atomic mass is 16.5. The summed E-state index contributed by atoms with van der Waals surface area (Å²) < 4.78 is 10.7. The lowest BCUT2D eigenvalue weighted by Gasteiger charge is -2.09. The van der Waals surface area contributed by atoms with Gasteiger partial charge in [-0.25, -0.2) is 0 Å². The van der Waals surface area contributed by atoms with Crippen LogP contribution in [-0.2, 0) is 4.74 Å². The van der Waals surface area contributed by atoms with Crippen LogP contribution in [-0.4, -0.2) is 34.5 Å². The van der Waals surface area contributed by atoms with E-state index in [-0.39, 0.29) is 18.2 Å². The molecule has 6 heteroatoms. The number of aliphatic hydroxyl groups excluding tert-OH is 1. The highest BCUT2D eigenvalue weighted by molar-refractivity contribution is 4.99. The van der Waals surface area contributed by atoms with Crippen LogP contribution in [0.4, 0.5) is 0 Å². The minimum absolute atomic E-state index is 0.0367. The highest BCUT2D eigenvalue weighted by Gasteiger charge is 2.29. The number of ether oxygens (including phenoxy) is 1. The van der Waals surface area contributed by atoms with Crippen LogP contribution in [0.15, 0.2) is 4.52 Å². The van der Waals surface area contributed by atoms with Crippen molar-refractivity contribution >= 4 is 0 Å². The van der Waals surface area contributed by atoms with E-state index in [0.717, 1.165) is 6.42 Å². The first-order valence-corrected chi connectivity index (χ1v) is 6.11. The first-order valence-electron chi connectivity index (χ1n) is 6.11. The summed E-state index contributed by atoms with van der Waals surface area (Å²) >= 11 is 0. The van der Waals surface area contributed by atoms with Crippen LogP contribution in [0.5, 0.6) is 0 Å². The summed E-state index contributed by atoms with van der Waals surface area (Å²) in [6.07, 6.45) is 0.994. The summed E-state index contributed by atoms with van der Waals surface area (Å²) in [7, 11) is 0. The Kier molecular flexibility index (Phi) is 4.09. The van der Waals surface area contributed by atoms with Gasteiger partial charge < -0.3 is 19.7 Å². The Morgan fingerprint density at radius 3 is 3.00 bits per heavy atom. The Morgan fingerprint density at radius 2 is 2.41 bits per heavy atom. The van der Waals surface area contributed by atoms with Gasteiger partial charge in [0.2, 0.25) is 11.7 Å². The summed E-state index contributed by atoms with van der Waals surface area (Å²) in [4.78, 5) is 4.34. The summed E-state index contributed by atoms with van der Waals surface area (Å²) in [6.45, 7) is 5.17. The van der Waals surface area contributed by atoms with E-state index < -0.39 is 0 Å². The second-order valence-corrected chi connectivity index (χ2v) is 4.19. The Balaban J connectivity index is 2.04. The Morgan fingerprint density at radius 1 is 1.59 bits per heavy atom. The molecule has 0 amide bonds. The smallest absolute Gasteiger partial charge is 0.243 e. The molecule has 1 unspecified atom stereocenters. The van der Waals surface area contributed by atoms with Crippen molar-refractivity contribution in [2.45, 2.75) is 44.9 Å². The van der Waals surface area contributed by atoms with Gasteiger partial charge in [0.25, 0.3) is 0 Å². The van der Waals surface area contributed by atoms with Crippen molar-refractivity contribution < 1.29 is 14.4 Å². The number of hydrogen-bond donors (Lipinski definition) is 2. The second-order valence-electron chi connectivity index (χ2n) is 4.19. The minimum atomic E-state index is -0.329. The van der Waals surface area contributed by atoms with Gasteiger partial charge in [0.1, 0.15) is 6.10 Å². The summed E-state index contributed by atoms with van der Waals surface area (Å²) in [6, 6.07) is -0.0367. The van der Waals surface area contributed by atoms with E-state index in [4.69, 9.17) is 9.26 Å². The Labute approximate surface area is 100 Å². The third-order valence-corrected chi connectivity index (χ3v) is 2.89. The van der Waals surface area contributed by atoms with Crippen LogP contribution in [0.2, 0.25) is 0 Å². The van der Waals surface area contributed by atoms with Gasteiger partial charge in [-0.2, -0.15) is 4.98 Å². The molecular weight excluding hydrogens is 222 g/mol. The SMILES string of the molecule is CCOC(CC)c1noc([C@@H]2C[C@@H](O)CN2)n1. The monoisotopic (exact) mass is 241 g/mol. The molecule has 6 nitrogen and oxygen atoms in total. The molecule has 1 saturated heterocycles. The first-order chi connectivity index (χ1) is 8.24. The molecule has 1 fully saturated rings. The van der Waals surface area contributed by atoms with Crippen molar-refractivity contribution in [3.8, 4) is 0 Å². The van der Waals surface area contributed by atoms with E-state index in [1.54, 1.807) is 0 Å². The van der Waals surface area contributed by atoms with Crippen LogP contribution in [0.3, 0.4) is 0 Å². The molecule has 3 atom stereocenters. The lowest BCUT2D eigenvalue weighted by atomic mass is 10.2. The minimum Gasteiger partial charge on any atom is -0.392 e. The van der Waals surface area contributed by atoms with Gasteiger partial charge in [0.05, 0.1) is 12.1 Å². The average molecular weight is 241 g/mol. The number of β-amino-alcohol motifs (C(OH)–C–C–N with tert-alkyl or cyclic N) is 1. The van der Waals surface area contributed by atoms with Gasteiger partial charge in [-0.15, -0.1) is 0 Å². The predicted molar refractivity (Wildman–Crippen MR) is 60.3 cm³/mol. The maximum atomic E-state index is 9.43. The quantitative estimate of drug-likeness (QED) is 0.799. The number of rotatable bonds is 5. The Hall–Kier alpha value is -0.980. The lowest BCUT2D eigenvalue weighted by molar-refractivity contribution is 0.0518. The van der Waals surface area contributed by atoms with Crippen LogP contribution < -0.4 is 5.32 Å². The molecule has 0 aliphatic carbocycles. The van der Waals surface area contributed by atoms with E-state index >= 15 is 0 Å². The highest BCUT2D eigenvalue weighted by Crippen LogP contribution is 2.24. The maximum Gasteiger partial charge on any atom is 0.243 e. The number of aromatic nitrogens is 2. The normalized spacial score (nSPS) is 26.3. The lowest BCUT2D eigenvalue weighted by Crippen LogP contribution is -2.15. The van der Waals surface area contributed by atoms with Crippen LogP contribution >= 0.6 is 0 Å². The van der Waals surface area contributed by atoms with Gasteiger partial charge in [-0.3, -0.25) is 0 Å². The third kappa shape index (κ3) is 2.83. The fraction of sp³-hybridized carbons (Fsp3) is 0.818. The first kappa shape index (κ1) is 12.5. The molecule has 0 bridgehead atoms. The number of nitrogens with zero attached hydrogens (tertiary/aromatic N) is 2. The van der Waals surface area contributed by atoms with E-state index in [0.29, 0.717) is 31.3 Å². The van der Waals surface area contributed by atoms with Crippen molar-refractivity contribution in [2.75, 3.05) is 13.2 Å². The zero-order valence-electron chi connectivity index (χ0n) is 10.2.